The monoisotopic (exact) mass is 571 g/mol. The minimum atomic E-state index is -4.17. The third-order valence-electron chi connectivity index (χ3n) is 5.33. The molecule has 9 nitrogen and oxygen atoms in total. The lowest BCUT2D eigenvalue weighted by atomic mass is 10.2. The van der Waals surface area contributed by atoms with Crippen molar-refractivity contribution in [3.63, 3.8) is 0 Å². The Morgan fingerprint density at radius 3 is 2.44 bits per heavy atom. The van der Waals surface area contributed by atoms with Crippen molar-refractivity contribution in [2.45, 2.75) is 18.7 Å². The van der Waals surface area contributed by atoms with E-state index in [4.69, 9.17) is 25.8 Å². The van der Waals surface area contributed by atoms with Gasteiger partial charge in [0.25, 0.3) is 15.9 Å². The average molecular weight is 572 g/mol. The van der Waals surface area contributed by atoms with Crippen LogP contribution in [0.4, 0.5) is 5.69 Å². The smallest absolute Gasteiger partial charge is 0.264 e. The molecule has 0 radical (unpaired) electrons. The Morgan fingerprint density at radius 2 is 1.77 bits per heavy atom. The number of methoxy groups -OCH3 is 1. The van der Waals surface area contributed by atoms with Crippen LogP contribution in [-0.4, -0.2) is 47.4 Å². The molecule has 0 aliphatic rings. The maximum atomic E-state index is 13.6. The number of aryl methyl sites for hydroxylation is 1. The summed E-state index contributed by atoms with van der Waals surface area (Å²) < 4.78 is 44.8. The fourth-order valence-corrected chi connectivity index (χ4v) is 5.07. The zero-order chi connectivity index (χ0) is 28.4. The lowest BCUT2D eigenvalue weighted by Gasteiger charge is -2.25. The average Bonchev–Trinajstić information content (AvgIpc) is 2.91. The maximum Gasteiger partial charge on any atom is 0.264 e. The van der Waals surface area contributed by atoms with Crippen LogP contribution < -0.4 is 23.9 Å². The molecule has 0 saturated heterocycles. The van der Waals surface area contributed by atoms with Gasteiger partial charge < -0.3 is 14.2 Å². The van der Waals surface area contributed by atoms with E-state index >= 15 is 0 Å². The molecule has 0 spiro atoms. The van der Waals surface area contributed by atoms with Crippen LogP contribution in [0.15, 0.2) is 83.3 Å². The summed E-state index contributed by atoms with van der Waals surface area (Å²) in [6, 6.07) is 16.0. The standard InChI is InChI=1S/C28H30ClN3O6S/c1-5-15-38-26-13-9-21(16-27(26)37-6-2)18-30-31-28(33)19-32(24-17-22(29)10-14-25(24)36-4)39(34,35)23-11-7-20(3)8-12-23/h5,7-14,16-18H,1,6,15,19H2,2-4H3,(H,31,33)/b30-18-. The second-order valence-electron chi connectivity index (χ2n) is 8.17. The van der Waals surface area contributed by atoms with Gasteiger partial charge in [-0.05, 0) is 67.9 Å². The molecule has 1 N–H and O–H groups in total. The Kier molecular flexibility index (Phi) is 10.4. The zero-order valence-electron chi connectivity index (χ0n) is 21.9. The number of hydrogen-bond acceptors (Lipinski definition) is 7. The number of amides is 1. The first-order valence-electron chi connectivity index (χ1n) is 11.9. The van der Waals surface area contributed by atoms with Crippen molar-refractivity contribution in [2.75, 3.05) is 31.2 Å². The van der Waals surface area contributed by atoms with E-state index in [1.807, 2.05) is 13.8 Å². The Hall–Kier alpha value is -4.02. The van der Waals surface area contributed by atoms with Gasteiger partial charge in [-0.3, -0.25) is 9.10 Å². The van der Waals surface area contributed by atoms with E-state index in [-0.39, 0.29) is 21.4 Å². The lowest BCUT2D eigenvalue weighted by Crippen LogP contribution is -2.39. The number of rotatable bonds is 13. The summed E-state index contributed by atoms with van der Waals surface area (Å²) in [7, 11) is -2.77. The zero-order valence-corrected chi connectivity index (χ0v) is 23.5. The summed E-state index contributed by atoms with van der Waals surface area (Å²) in [6.07, 6.45) is 3.04. The molecular formula is C28H30ClN3O6S. The number of benzene rings is 3. The molecule has 206 valence electrons. The molecule has 0 aliphatic carbocycles. The van der Waals surface area contributed by atoms with Gasteiger partial charge in [-0.15, -0.1) is 0 Å². The number of hydrazone groups is 1. The predicted molar refractivity (Wildman–Crippen MR) is 153 cm³/mol. The van der Waals surface area contributed by atoms with Crippen molar-refractivity contribution in [2.24, 2.45) is 5.10 Å². The fraction of sp³-hybridized carbons (Fsp3) is 0.214. The van der Waals surface area contributed by atoms with Crippen LogP contribution in [0.5, 0.6) is 17.2 Å². The summed E-state index contributed by atoms with van der Waals surface area (Å²) in [4.78, 5) is 12.9. The predicted octanol–water partition coefficient (Wildman–Crippen LogP) is 4.97. The number of halogens is 1. The van der Waals surface area contributed by atoms with E-state index in [0.717, 1.165) is 9.87 Å². The molecular weight excluding hydrogens is 542 g/mol. The quantitative estimate of drug-likeness (QED) is 0.176. The summed E-state index contributed by atoms with van der Waals surface area (Å²) in [5.74, 6) is 0.608. The number of ether oxygens (including phenoxy) is 3. The van der Waals surface area contributed by atoms with Crippen molar-refractivity contribution in [3.05, 3.63) is 89.5 Å². The number of sulfonamides is 1. The topological polar surface area (TPSA) is 107 Å². The molecule has 11 heteroatoms. The van der Waals surface area contributed by atoms with Gasteiger partial charge in [0.2, 0.25) is 0 Å². The molecule has 3 aromatic carbocycles. The van der Waals surface area contributed by atoms with Gasteiger partial charge >= 0.3 is 0 Å². The first kappa shape index (κ1) is 29.5. The number of hydrogen-bond donors (Lipinski definition) is 1. The molecule has 3 rings (SSSR count). The van der Waals surface area contributed by atoms with Crippen LogP contribution in [-0.2, 0) is 14.8 Å². The van der Waals surface area contributed by atoms with Gasteiger partial charge in [0.1, 0.15) is 18.9 Å². The molecule has 0 saturated carbocycles. The molecule has 0 fully saturated rings. The third kappa shape index (κ3) is 7.75. The third-order valence-corrected chi connectivity index (χ3v) is 7.34. The Balaban J connectivity index is 1.86. The fourth-order valence-electron chi connectivity index (χ4n) is 3.48. The molecule has 0 aliphatic heterocycles. The molecule has 1 amide bonds. The minimum Gasteiger partial charge on any atom is -0.495 e. The van der Waals surface area contributed by atoms with Gasteiger partial charge in [-0.1, -0.05) is 42.0 Å². The maximum absolute atomic E-state index is 13.6. The van der Waals surface area contributed by atoms with Crippen LogP contribution in [0, 0.1) is 6.92 Å². The van der Waals surface area contributed by atoms with Crippen molar-refractivity contribution in [1.82, 2.24) is 5.43 Å². The van der Waals surface area contributed by atoms with E-state index in [1.54, 1.807) is 42.5 Å². The van der Waals surface area contributed by atoms with Crippen LogP contribution >= 0.6 is 11.6 Å². The molecule has 0 bridgehead atoms. The summed E-state index contributed by atoms with van der Waals surface area (Å²) in [6.45, 7) is 7.50. The van der Waals surface area contributed by atoms with Gasteiger partial charge in [0.15, 0.2) is 11.5 Å². The van der Waals surface area contributed by atoms with Gasteiger partial charge in [-0.25, -0.2) is 13.8 Å². The Labute approximate surface area is 233 Å². The number of carbonyl (C=O) groups excluding carboxylic acids is 1. The summed E-state index contributed by atoms with van der Waals surface area (Å²) in [5.41, 5.74) is 4.01. The van der Waals surface area contributed by atoms with Crippen molar-refractivity contribution >= 4 is 39.4 Å². The first-order valence-corrected chi connectivity index (χ1v) is 13.8. The SMILES string of the molecule is C=CCOc1ccc(/C=N\NC(=O)CN(c2cc(Cl)ccc2OC)S(=O)(=O)c2ccc(C)cc2)cc1OCC. The second kappa shape index (κ2) is 13.7. The summed E-state index contributed by atoms with van der Waals surface area (Å²) in [5, 5.41) is 4.27. The minimum absolute atomic E-state index is 0.00801. The van der Waals surface area contributed by atoms with Gasteiger partial charge in [0.05, 0.1) is 30.5 Å². The first-order chi connectivity index (χ1) is 18.7. The molecule has 39 heavy (non-hydrogen) atoms. The molecule has 0 aromatic heterocycles. The van der Waals surface area contributed by atoms with Crippen molar-refractivity contribution < 1.29 is 27.4 Å². The highest BCUT2D eigenvalue weighted by molar-refractivity contribution is 7.92. The number of carbonyl (C=O) groups is 1. The summed E-state index contributed by atoms with van der Waals surface area (Å²) >= 11 is 6.17. The van der Waals surface area contributed by atoms with Crippen LogP contribution in [0.25, 0.3) is 0 Å². The van der Waals surface area contributed by atoms with Gasteiger partial charge in [0, 0.05) is 5.02 Å². The lowest BCUT2D eigenvalue weighted by molar-refractivity contribution is -0.119. The highest BCUT2D eigenvalue weighted by Crippen LogP contribution is 2.35. The normalized spacial score (nSPS) is 11.2. The van der Waals surface area contributed by atoms with E-state index in [1.165, 1.54) is 37.6 Å². The Morgan fingerprint density at radius 1 is 1.05 bits per heavy atom. The van der Waals surface area contributed by atoms with Crippen molar-refractivity contribution in [1.29, 1.82) is 0 Å². The molecule has 3 aromatic rings. The van der Waals surface area contributed by atoms with E-state index < -0.39 is 22.5 Å². The molecule has 0 heterocycles. The van der Waals surface area contributed by atoms with Crippen molar-refractivity contribution in [3.8, 4) is 17.2 Å². The second-order valence-corrected chi connectivity index (χ2v) is 10.5. The van der Waals surface area contributed by atoms with E-state index in [9.17, 15) is 13.2 Å². The Bertz CT molecular complexity index is 1440. The largest absolute Gasteiger partial charge is 0.495 e. The molecule has 0 atom stereocenters. The van der Waals surface area contributed by atoms with Crippen LogP contribution in [0.3, 0.4) is 0 Å². The number of anilines is 1. The highest BCUT2D eigenvalue weighted by Gasteiger charge is 2.29. The van der Waals surface area contributed by atoms with Gasteiger partial charge in [-0.2, -0.15) is 5.10 Å². The number of nitrogens with zero attached hydrogens (tertiary/aromatic N) is 2. The molecule has 0 unspecified atom stereocenters. The van der Waals surface area contributed by atoms with E-state index in [0.29, 0.717) is 30.3 Å². The highest BCUT2D eigenvalue weighted by atomic mass is 35.5. The van der Waals surface area contributed by atoms with Crippen LogP contribution in [0.2, 0.25) is 5.02 Å². The number of nitrogens with one attached hydrogen (secondary N) is 1. The van der Waals surface area contributed by atoms with Crippen LogP contribution in [0.1, 0.15) is 18.1 Å². The van der Waals surface area contributed by atoms with E-state index in [2.05, 4.69) is 17.1 Å².